The summed E-state index contributed by atoms with van der Waals surface area (Å²) in [4.78, 5) is 4.66. The van der Waals surface area contributed by atoms with Crippen LogP contribution in [0.3, 0.4) is 0 Å². The number of nitrogens with zero attached hydrogens (tertiary/aromatic N) is 5. The molecule has 0 saturated carbocycles. The largest absolute Gasteiger partial charge is 0.310 e. The molecule has 2 aliphatic carbocycles. The maximum Gasteiger partial charge on any atom is 0.0992 e. The molecule has 5 heteroatoms. The molecule has 0 fully saturated rings. The first-order valence-corrected chi connectivity index (χ1v) is 23.0. The number of para-hydroxylation sites is 3. The minimum Gasteiger partial charge on any atom is -0.310 e. The molecule has 3 atom stereocenters. The van der Waals surface area contributed by atoms with E-state index in [1.54, 1.807) is 0 Å². The maximum atomic E-state index is 10.0. The molecule has 8 aromatic carbocycles. The van der Waals surface area contributed by atoms with Crippen molar-refractivity contribution in [1.82, 2.24) is 4.40 Å². The number of aromatic nitrogens is 1. The van der Waals surface area contributed by atoms with Crippen LogP contribution in [0, 0.1) is 41.4 Å². The lowest BCUT2D eigenvalue weighted by atomic mass is 9.65. The van der Waals surface area contributed by atoms with Gasteiger partial charge in [0.25, 0.3) is 0 Å². The molecule has 314 valence electrons. The van der Waals surface area contributed by atoms with Crippen molar-refractivity contribution in [1.29, 1.82) is 10.5 Å². The Morgan fingerprint density at radius 3 is 1.86 bits per heavy atom. The van der Waals surface area contributed by atoms with Gasteiger partial charge < -0.3 is 14.2 Å². The van der Waals surface area contributed by atoms with E-state index in [0.29, 0.717) is 23.0 Å². The predicted molar refractivity (Wildman–Crippen MR) is 272 cm³/mol. The third-order valence-corrected chi connectivity index (χ3v) is 14.3. The minimum atomic E-state index is 0.191. The van der Waals surface area contributed by atoms with Gasteiger partial charge in [-0.1, -0.05) is 117 Å². The van der Waals surface area contributed by atoms with Crippen molar-refractivity contribution < 1.29 is 0 Å². The Balaban J connectivity index is 1.12. The molecule has 10 aromatic rings. The molecule has 2 aromatic heterocycles. The van der Waals surface area contributed by atoms with E-state index in [0.717, 1.165) is 52.5 Å². The van der Waals surface area contributed by atoms with Crippen molar-refractivity contribution >= 4 is 72.2 Å². The summed E-state index contributed by atoms with van der Waals surface area (Å²) in [6.07, 6.45) is 11.4. The first-order valence-electron chi connectivity index (χ1n) is 23.0. The molecule has 0 N–H and O–H groups in total. The van der Waals surface area contributed by atoms with E-state index in [2.05, 4.69) is 192 Å². The highest BCUT2D eigenvalue weighted by Crippen LogP contribution is 2.54. The molecule has 0 bridgehead atoms. The molecular weight excluding hydrogens is 803 g/mol. The van der Waals surface area contributed by atoms with Crippen LogP contribution in [0.5, 0.6) is 0 Å². The molecular formula is C61H45N5. The molecule has 0 radical (unpaired) electrons. The lowest BCUT2D eigenvalue weighted by Gasteiger charge is -2.42. The maximum absolute atomic E-state index is 10.0. The first kappa shape index (κ1) is 39.2. The highest BCUT2D eigenvalue weighted by Gasteiger charge is 2.38. The van der Waals surface area contributed by atoms with Crippen molar-refractivity contribution in [2.24, 2.45) is 11.8 Å². The van der Waals surface area contributed by atoms with E-state index in [4.69, 9.17) is 0 Å². The van der Waals surface area contributed by atoms with Gasteiger partial charge in [0.15, 0.2) is 0 Å². The van der Waals surface area contributed by atoms with Gasteiger partial charge in [0.05, 0.1) is 51.2 Å². The number of aryl methyl sites for hydroxylation is 1. The highest BCUT2D eigenvalue weighted by molar-refractivity contribution is 6.27. The lowest BCUT2D eigenvalue weighted by Crippen LogP contribution is -2.30. The smallest absolute Gasteiger partial charge is 0.0992 e. The Kier molecular flexibility index (Phi) is 9.33. The highest BCUT2D eigenvalue weighted by atomic mass is 15.2. The van der Waals surface area contributed by atoms with Crippen LogP contribution in [-0.2, 0) is 6.42 Å². The van der Waals surface area contributed by atoms with Crippen molar-refractivity contribution in [3.05, 3.63) is 222 Å². The zero-order valence-electron chi connectivity index (χ0n) is 36.9. The van der Waals surface area contributed by atoms with Crippen LogP contribution in [0.1, 0.15) is 47.1 Å². The normalized spacial score (nSPS) is 16.3. The fraction of sp³-hybridized carbons (Fsp3) is 0.115. The Labute approximate surface area is 385 Å². The number of allylic oxidation sites excluding steroid dienone is 4. The van der Waals surface area contributed by atoms with E-state index < -0.39 is 0 Å². The van der Waals surface area contributed by atoms with Gasteiger partial charge in [0.2, 0.25) is 0 Å². The Hall–Kier alpha value is -8.38. The topological polar surface area (TPSA) is 58.5 Å². The first-order chi connectivity index (χ1) is 32.5. The van der Waals surface area contributed by atoms with Gasteiger partial charge >= 0.3 is 0 Å². The lowest BCUT2D eigenvalue weighted by molar-refractivity contribution is 0.330. The van der Waals surface area contributed by atoms with Crippen LogP contribution in [0.4, 0.5) is 34.1 Å². The Bertz CT molecular complexity index is 3680. The summed E-state index contributed by atoms with van der Waals surface area (Å²) in [5.74, 6) is 1.05. The molecule has 0 spiro atoms. The summed E-state index contributed by atoms with van der Waals surface area (Å²) >= 11 is 0. The van der Waals surface area contributed by atoms with Crippen LogP contribution >= 0.6 is 0 Å². The number of fused-ring (bicyclic) bond motifs is 9. The fourth-order valence-corrected chi connectivity index (χ4v) is 11.4. The SMILES string of the molecule is CCC1Cc2c(-c3cc4c(cc3C)c3ccc(N(c5ccccc5)c5cccc(C#N)c5)c5c6ccccc6n4c35)ccc(N(c3ccccc3)c3cccc(C#N)c3)c2C2C=CC=CC12. The summed E-state index contributed by atoms with van der Waals surface area (Å²) in [5, 5.41) is 24.8. The van der Waals surface area contributed by atoms with E-state index in [1.165, 1.54) is 60.4 Å². The van der Waals surface area contributed by atoms with Crippen LogP contribution in [0.25, 0.3) is 49.2 Å². The number of hydrogen-bond donors (Lipinski definition) is 0. The summed E-state index contributed by atoms with van der Waals surface area (Å²) in [5.41, 5.74) is 17.6. The molecule has 2 heterocycles. The Morgan fingerprint density at radius 1 is 0.561 bits per heavy atom. The van der Waals surface area contributed by atoms with Crippen molar-refractivity contribution in [3.63, 3.8) is 0 Å². The van der Waals surface area contributed by atoms with Crippen LogP contribution in [0.15, 0.2) is 194 Å². The van der Waals surface area contributed by atoms with E-state index in [1.807, 2.05) is 42.5 Å². The number of nitriles is 2. The second-order valence-corrected chi connectivity index (χ2v) is 17.8. The third-order valence-electron chi connectivity index (χ3n) is 14.3. The summed E-state index contributed by atoms with van der Waals surface area (Å²) in [7, 11) is 0. The Morgan fingerprint density at radius 2 is 1.18 bits per heavy atom. The zero-order chi connectivity index (χ0) is 44.5. The van der Waals surface area contributed by atoms with Crippen LogP contribution < -0.4 is 9.80 Å². The van der Waals surface area contributed by atoms with Gasteiger partial charge in [0.1, 0.15) is 0 Å². The van der Waals surface area contributed by atoms with Gasteiger partial charge in [0, 0.05) is 50.2 Å². The van der Waals surface area contributed by atoms with Gasteiger partial charge in [-0.05, 0) is 144 Å². The van der Waals surface area contributed by atoms with Gasteiger partial charge in [-0.2, -0.15) is 10.5 Å². The third kappa shape index (κ3) is 6.05. The molecule has 0 saturated heterocycles. The van der Waals surface area contributed by atoms with Gasteiger partial charge in [-0.3, -0.25) is 0 Å². The average molecular weight is 848 g/mol. The molecule has 5 nitrogen and oxygen atoms in total. The van der Waals surface area contributed by atoms with Crippen LogP contribution in [-0.4, -0.2) is 4.40 Å². The monoisotopic (exact) mass is 847 g/mol. The van der Waals surface area contributed by atoms with Gasteiger partial charge in [-0.15, -0.1) is 0 Å². The van der Waals surface area contributed by atoms with Crippen LogP contribution in [0.2, 0.25) is 0 Å². The van der Waals surface area contributed by atoms with Crippen molar-refractivity contribution in [2.45, 2.75) is 32.6 Å². The second kappa shape index (κ2) is 15.7. The minimum absolute atomic E-state index is 0.191. The summed E-state index contributed by atoms with van der Waals surface area (Å²) in [6, 6.07) is 64.7. The number of anilines is 6. The average Bonchev–Trinajstić information content (AvgIpc) is 3.89. The molecule has 66 heavy (non-hydrogen) atoms. The van der Waals surface area contributed by atoms with Crippen molar-refractivity contribution in [2.75, 3.05) is 9.80 Å². The number of hydrogen-bond acceptors (Lipinski definition) is 4. The number of benzene rings is 8. The standard InChI is InChI=1S/C61H45N5/c1-3-42-35-54-48(28-30-56(59(54)49-25-11-10-24-47(42)49)64(43-18-6-4-7-19-43)45-22-14-16-40(33-45)37-62)52-36-58-53(32-39(52)2)50-29-31-57(60-51-26-12-13-27-55(51)66(58)61(50)60)65(44-20-8-5-9-21-44)46-23-15-17-41(34-46)38-63/h4-34,36,42,47,49H,3,35H2,1-2H3. The molecule has 2 aliphatic rings. The summed E-state index contributed by atoms with van der Waals surface area (Å²) in [6.45, 7) is 4.63. The molecule has 12 rings (SSSR count). The van der Waals surface area contributed by atoms with E-state index in [9.17, 15) is 10.5 Å². The summed E-state index contributed by atoms with van der Waals surface area (Å²) < 4.78 is 2.50. The predicted octanol–water partition coefficient (Wildman–Crippen LogP) is 15.9. The van der Waals surface area contributed by atoms with E-state index in [-0.39, 0.29) is 5.92 Å². The number of rotatable bonds is 8. The van der Waals surface area contributed by atoms with Gasteiger partial charge in [-0.25, -0.2) is 0 Å². The molecule has 3 unspecified atom stereocenters. The second-order valence-electron chi connectivity index (χ2n) is 17.8. The van der Waals surface area contributed by atoms with Crippen molar-refractivity contribution in [3.8, 4) is 23.3 Å². The molecule has 0 aliphatic heterocycles. The fourth-order valence-electron chi connectivity index (χ4n) is 11.4. The quantitative estimate of drug-likeness (QED) is 0.153. The molecule has 0 amide bonds. The zero-order valence-corrected chi connectivity index (χ0v) is 36.9. The van der Waals surface area contributed by atoms with E-state index >= 15 is 0 Å².